The third-order valence-electron chi connectivity index (χ3n) is 6.18. The van der Waals surface area contributed by atoms with Crippen molar-refractivity contribution < 1.29 is 23.8 Å². The zero-order valence-corrected chi connectivity index (χ0v) is 16.3. The Morgan fingerprint density at radius 1 is 1.42 bits per heavy atom. The van der Waals surface area contributed by atoms with Gasteiger partial charge < -0.3 is 19.1 Å². The van der Waals surface area contributed by atoms with Crippen molar-refractivity contribution in [2.45, 2.75) is 46.3 Å². The summed E-state index contributed by atoms with van der Waals surface area (Å²) >= 11 is 0. The number of carbonyl (C=O) groups is 2. The van der Waals surface area contributed by atoms with Gasteiger partial charge in [-0.2, -0.15) is 0 Å². The largest absolute Gasteiger partial charge is 0.508 e. The Kier molecular flexibility index (Phi) is 4.73. The molecule has 0 aromatic rings. The van der Waals surface area contributed by atoms with E-state index < -0.39 is 12.3 Å². The van der Waals surface area contributed by atoms with Crippen molar-refractivity contribution in [2.75, 3.05) is 20.8 Å². The highest BCUT2D eigenvalue weighted by atomic mass is 16.7. The maximum absolute atomic E-state index is 12.4. The highest BCUT2D eigenvalue weighted by molar-refractivity contribution is 6.00. The van der Waals surface area contributed by atoms with E-state index in [9.17, 15) is 9.59 Å². The molecule has 2 aliphatic carbocycles. The third-order valence-corrected chi connectivity index (χ3v) is 6.18. The molecule has 26 heavy (non-hydrogen) atoms. The first kappa shape index (κ1) is 18.7. The Bertz CT molecular complexity index is 734. The van der Waals surface area contributed by atoms with Crippen LogP contribution in [-0.2, 0) is 19.0 Å². The van der Waals surface area contributed by atoms with Crippen LogP contribution >= 0.6 is 0 Å². The molecule has 6 heteroatoms. The first-order chi connectivity index (χ1) is 12.2. The topological polar surface area (TPSA) is 65.1 Å². The normalized spacial score (nSPS) is 33.4. The maximum atomic E-state index is 12.4. The lowest BCUT2D eigenvalue weighted by atomic mass is 9.59. The molecule has 0 radical (unpaired) electrons. The summed E-state index contributed by atoms with van der Waals surface area (Å²) in [5.41, 5.74) is 3.70. The van der Waals surface area contributed by atoms with Gasteiger partial charge in [-0.05, 0) is 43.6 Å². The molecular weight excluding hydrogens is 334 g/mol. The molecule has 0 saturated carbocycles. The molecule has 1 aliphatic heterocycles. The van der Waals surface area contributed by atoms with E-state index in [1.54, 1.807) is 26.0 Å². The van der Waals surface area contributed by atoms with Gasteiger partial charge in [-0.3, -0.25) is 4.79 Å². The van der Waals surface area contributed by atoms with E-state index in [1.165, 1.54) is 0 Å². The Labute approximate surface area is 154 Å². The van der Waals surface area contributed by atoms with Gasteiger partial charge in [-0.15, -0.1) is 0 Å². The van der Waals surface area contributed by atoms with Crippen LogP contribution in [0.1, 0.15) is 34.1 Å². The van der Waals surface area contributed by atoms with Crippen molar-refractivity contribution in [2.24, 2.45) is 11.3 Å². The average molecular weight is 361 g/mol. The van der Waals surface area contributed by atoms with Crippen LogP contribution < -0.4 is 0 Å². The van der Waals surface area contributed by atoms with E-state index in [1.807, 2.05) is 13.0 Å². The second kappa shape index (κ2) is 6.58. The van der Waals surface area contributed by atoms with Crippen LogP contribution in [0.3, 0.4) is 0 Å². The molecule has 0 unspecified atom stereocenters. The number of allylic oxidation sites excluding steroid dienone is 3. The minimum Gasteiger partial charge on any atom is -0.435 e. The minimum atomic E-state index is -0.676. The van der Waals surface area contributed by atoms with Gasteiger partial charge in [0.15, 0.2) is 0 Å². The summed E-state index contributed by atoms with van der Waals surface area (Å²) in [6.45, 7) is 8.12. The molecular formula is C20H27NO5. The van der Waals surface area contributed by atoms with Crippen molar-refractivity contribution in [3.8, 4) is 0 Å². The molecule has 142 valence electrons. The van der Waals surface area contributed by atoms with Gasteiger partial charge in [-0.1, -0.05) is 13.8 Å². The number of amides is 1. The van der Waals surface area contributed by atoms with Crippen molar-refractivity contribution in [1.29, 1.82) is 0 Å². The van der Waals surface area contributed by atoms with Crippen LogP contribution in [0.5, 0.6) is 0 Å². The second-order valence-electron chi connectivity index (χ2n) is 7.47. The molecule has 1 amide bonds. The number of hydrogen-bond donors (Lipinski definition) is 0. The smallest absolute Gasteiger partial charge is 0.435 e. The number of ether oxygens (including phenoxy) is 3. The first-order valence-electron chi connectivity index (χ1n) is 9.03. The maximum Gasteiger partial charge on any atom is 0.508 e. The van der Waals surface area contributed by atoms with Gasteiger partial charge in [-0.25, -0.2) is 4.79 Å². The van der Waals surface area contributed by atoms with Crippen LogP contribution in [0.25, 0.3) is 0 Å². The number of likely N-dealkylation sites (N-methyl/N-ethyl adjacent to an activating group) is 1. The number of methoxy groups -OCH3 is 1. The Morgan fingerprint density at radius 2 is 2.12 bits per heavy atom. The van der Waals surface area contributed by atoms with E-state index in [0.717, 1.165) is 28.8 Å². The summed E-state index contributed by atoms with van der Waals surface area (Å²) in [6.07, 6.45) is 3.34. The van der Waals surface area contributed by atoms with Crippen LogP contribution in [0, 0.1) is 11.3 Å². The summed E-state index contributed by atoms with van der Waals surface area (Å²) < 4.78 is 16.2. The van der Waals surface area contributed by atoms with Crippen LogP contribution in [0.15, 0.2) is 34.6 Å². The van der Waals surface area contributed by atoms with Gasteiger partial charge in [0.25, 0.3) is 5.91 Å². The number of fused-ring (bicyclic) bond motifs is 2. The van der Waals surface area contributed by atoms with Gasteiger partial charge in [0.2, 0.25) is 0 Å². The SMILES string of the molecule is CCOC(=O)O[C@H]1[C@H](OC)C=C2C=C3C(=C(C)C(=O)N3C)C[C@]2(C)[C@H]1C. The molecule has 3 rings (SSSR count). The molecule has 4 atom stereocenters. The molecule has 0 spiro atoms. The molecule has 0 saturated heterocycles. The van der Waals surface area contributed by atoms with Gasteiger partial charge in [0, 0.05) is 36.8 Å². The van der Waals surface area contributed by atoms with Gasteiger partial charge in [0.1, 0.15) is 12.2 Å². The monoisotopic (exact) mass is 361 g/mol. The van der Waals surface area contributed by atoms with E-state index in [4.69, 9.17) is 14.2 Å². The summed E-state index contributed by atoms with van der Waals surface area (Å²) in [4.78, 5) is 26.0. The molecule has 0 aromatic carbocycles. The fraction of sp³-hybridized carbons (Fsp3) is 0.600. The lowest BCUT2D eigenvalue weighted by Crippen LogP contribution is -2.49. The van der Waals surface area contributed by atoms with Crippen LogP contribution in [0.2, 0.25) is 0 Å². The number of rotatable bonds is 3. The number of nitrogens with zero attached hydrogens (tertiary/aromatic N) is 1. The fourth-order valence-corrected chi connectivity index (χ4v) is 4.29. The molecule has 0 fully saturated rings. The summed E-state index contributed by atoms with van der Waals surface area (Å²) in [5, 5.41) is 0. The van der Waals surface area contributed by atoms with E-state index in [-0.39, 0.29) is 30.0 Å². The number of carbonyl (C=O) groups excluding carboxylic acids is 2. The Hall–Kier alpha value is -2.08. The zero-order chi connectivity index (χ0) is 19.2. The van der Waals surface area contributed by atoms with Gasteiger partial charge in [0.05, 0.1) is 6.61 Å². The summed E-state index contributed by atoms with van der Waals surface area (Å²) in [7, 11) is 3.41. The van der Waals surface area contributed by atoms with E-state index in [0.29, 0.717) is 0 Å². The molecule has 3 aliphatic rings. The Morgan fingerprint density at radius 3 is 2.73 bits per heavy atom. The summed E-state index contributed by atoms with van der Waals surface area (Å²) in [6, 6.07) is 0. The first-order valence-corrected chi connectivity index (χ1v) is 9.03. The fourth-order valence-electron chi connectivity index (χ4n) is 4.29. The van der Waals surface area contributed by atoms with Crippen molar-refractivity contribution >= 4 is 12.1 Å². The molecule has 1 heterocycles. The van der Waals surface area contributed by atoms with E-state index in [2.05, 4.69) is 19.9 Å². The zero-order valence-electron chi connectivity index (χ0n) is 16.3. The Balaban J connectivity index is 2.02. The third kappa shape index (κ3) is 2.67. The van der Waals surface area contributed by atoms with Crippen molar-refractivity contribution in [1.82, 2.24) is 4.90 Å². The molecule has 6 nitrogen and oxygen atoms in total. The lowest BCUT2D eigenvalue weighted by molar-refractivity contribution is -0.123. The van der Waals surface area contributed by atoms with Crippen molar-refractivity contribution in [3.05, 3.63) is 34.6 Å². The average Bonchev–Trinajstić information content (AvgIpc) is 2.80. The van der Waals surface area contributed by atoms with Gasteiger partial charge >= 0.3 is 6.16 Å². The standard InChI is InChI=1S/C20H27NO5/c1-7-25-19(23)26-17-12(3)20(4)10-14-11(2)18(22)21(5)15(14)8-13(20)9-16(17)24-6/h8-9,12,16-17H,7,10H2,1-6H3/t12-,16+,17+,20+/m0/s1. The molecule has 0 N–H and O–H groups in total. The second-order valence-corrected chi connectivity index (χ2v) is 7.47. The van der Waals surface area contributed by atoms with E-state index >= 15 is 0 Å². The predicted molar refractivity (Wildman–Crippen MR) is 96.2 cm³/mol. The molecule has 0 bridgehead atoms. The highest BCUT2D eigenvalue weighted by Crippen LogP contribution is 2.54. The van der Waals surface area contributed by atoms with Crippen LogP contribution in [0.4, 0.5) is 4.79 Å². The highest BCUT2D eigenvalue weighted by Gasteiger charge is 2.51. The number of hydrogen-bond acceptors (Lipinski definition) is 5. The van der Waals surface area contributed by atoms with Crippen LogP contribution in [-0.4, -0.2) is 49.9 Å². The van der Waals surface area contributed by atoms with Crippen molar-refractivity contribution in [3.63, 3.8) is 0 Å². The predicted octanol–water partition coefficient (Wildman–Crippen LogP) is 3.20. The summed E-state index contributed by atoms with van der Waals surface area (Å²) in [5.74, 6) is 0.0420. The quantitative estimate of drug-likeness (QED) is 0.722. The lowest BCUT2D eigenvalue weighted by Gasteiger charge is -2.48. The minimum absolute atomic E-state index is 0.00374. The molecule has 0 aromatic heterocycles.